The molecule has 92 valence electrons. The van der Waals surface area contributed by atoms with Gasteiger partial charge in [-0.25, -0.2) is 9.97 Å². The van der Waals surface area contributed by atoms with Gasteiger partial charge in [0, 0.05) is 24.6 Å². The molecule has 0 unspecified atom stereocenters. The molecule has 1 aliphatic carbocycles. The molecule has 1 heterocycles. The van der Waals surface area contributed by atoms with Crippen molar-refractivity contribution in [3.63, 3.8) is 0 Å². The average Bonchev–Trinajstić information content (AvgIpc) is 2.37. The highest BCUT2D eigenvalue weighted by molar-refractivity contribution is 5.62. The van der Waals surface area contributed by atoms with E-state index in [1.54, 1.807) is 0 Å². The first-order chi connectivity index (χ1) is 8.86. The fourth-order valence-electron chi connectivity index (χ4n) is 2.20. The first-order valence-electron chi connectivity index (χ1n) is 6.49. The molecule has 0 amide bonds. The predicted octanol–water partition coefficient (Wildman–Crippen LogP) is 3.45. The Balaban J connectivity index is 2.03. The van der Waals surface area contributed by atoms with Crippen LogP contribution in [0.15, 0.2) is 36.4 Å². The lowest BCUT2D eigenvalue weighted by molar-refractivity contribution is 0.402. The van der Waals surface area contributed by atoms with Crippen LogP contribution in [-0.4, -0.2) is 17.0 Å². The maximum atomic E-state index is 4.72. The van der Waals surface area contributed by atoms with Crippen molar-refractivity contribution >= 4 is 5.82 Å². The van der Waals surface area contributed by atoms with Gasteiger partial charge in [0.25, 0.3) is 0 Å². The zero-order valence-electron chi connectivity index (χ0n) is 10.6. The average molecular weight is 239 g/mol. The summed E-state index contributed by atoms with van der Waals surface area (Å²) in [7, 11) is 1.90. The van der Waals surface area contributed by atoms with Crippen molar-refractivity contribution < 1.29 is 0 Å². The van der Waals surface area contributed by atoms with Crippen LogP contribution in [0.25, 0.3) is 11.3 Å². The van der Waals surface area contributed by atoms with Crippen molar-refractivity contribution in [3.8, 4) is 11.3 Å². The quantitative estimate of drug-likeness (QED) is 0.891. The summed E-state index contributed by atoms with van der Waals surface area (Å²) in [5, 5.41) is 3.13. The molecule has 0 atom stereocenters. The Morgan fingerprint density at radius 1 is 1.11 bits per heavy atom. The molecule has 0 saturated heterocycles. The zero-order chi connectivity index (χ0) is 12.4. The zero-order valence-corrected chi connectivity index (χ0v) is 10.6. The monoisotopic (exact) mass is 239 g/mol. The first-order valence-corrected chi connectivity index (χ1v) is 6.49. The fraction of sp³-hybridized carbons (Fsp3) is 0.333. The smallest absolute Gasteiger partial charge is 0.134 e. The largest absolute Gasteiger partial charge is 0.373 e. The molecule has 0 bridgehead atoms. The molecule has 1 aliphatic rings. The lowest BCUT2D eigenvalue weighted by Crippen LogP contribution is -2.14. The topological polar surface area (TPSA) is 37.8 Å². The molecular weight excluding hydrogens is 222 g/mol. The molecule has 2 aromatic rings. The van der Waals surface area contributed by atoms with E-state index >= 15 is 0 Å². The molecule has 1 aromatic heterocycles. The summed E-state index contributed by atoms with van der Waals surface area (Å²) in [6, 6.07) is 12.3. The van der Waals surface area contributed by atoms with Gasteiger partial charge in [0.05, 0.1) is 5.69 Å². The van der Waals surface area contributed by atoms with Crippen LogP contribution >= 0.6 is 0 Å². The van der Waals surface area contributed by atoms with Gasteiger partial charge in [-0.1, -0.05) is 36.8 Å². The maximum absolute atomic E-state index is 4.72. The lowest BCUT2D eigenvalue weighted by atomic mass is 9.85. The van der Waals surface area contributed by atoms with Crippen molar-refractivity contribution in [1.82, 2.24) is 9.97 Å². The summed E-state index contributed by atoms with van der Waals surface area (Å²) in [4.78, 5) is 9.30. The van der Waals surface area contributed by atoms with Gasteiger partial charge in [0.1, 0.15) is 11.6 Å². The number of anilines is 1. The second-order valence-electron chi connectivity index (χ2n) is 4.74. The van der Waals surface area contributed by atoms with E-state index in [0.29, 0.717) is 5.92 Å². The molecule has 1 aromatic carbocycles. The summed E-state index contributed by atoms with van der Waals surface area (Å²) in [6.45, 7) is 0. The van der Waals surface area contributed by atoms with Gasteiger partial charge in [-0.2, -0.15) is 0 Å². The van der Waals surface area contributed by atoms with Crippen LogP contribution in [0.4, 0.5) is 5.82 Å². The van der Waals surface area contributed by atoms with E-state index in [2.05, 4.69) is 22.4 Å². The third-order valence-electron chi connectivity index (χ3n) is 3.54. The van der Waals surface area contributed by atoms with E-state index in [1.807, 2.05) is 31.3 Å². The van der Waals surface area contributed by atoms with Crippen molar-refractivity contribution in [2.75, 3.05) is 12.4 Å². The Labute approximate surface area is 107 Å². The van der Waals surface area contributed by atoms with Crippen LogP contribution in [0, 0.1) is 0 Å². The summed E-state index contributed by atoms with van der Waals surface area (Å²) >= 11 is 0. The number of nitrogens with one attached hydrogen (secondary N) is 1. The number of rotatable bonds is 3. The highest BCUT2D eigenvalue weighted by Crippen LogP contribution is 2.35. The standard InChI is InChI=1S/C15H17N3/c1-16-14-10-13(11-6-3-2-4-7-11)17-15(18-14)12-8-5-9-12/h2-4,6-7,10,12H,5,8-9H2,1H3,(H,16,17,18). The summed E-state index contributed by atoms with van der Waals surface area (Å²) in [6.07, 6.45) is 3.75. The highest BCUT2D eigenvalue weighted by Gasteiger charge is 2.23. The van der Waals surface area contributed by atoms with E-state index in [-0.39, 0.29) is 0 Å². The third-order valence-corrected chi connectivity index (χ3v) is 3.54. The molecule has 1 fully saturated rings. The number of benzene rings is 1. The van der Waals surface area contributed by atoms with Gasteiger partial charge in [-0.15, -0.1) is 0 Å². The number of nitrogens with zero attached hydrogens (tertiary/aromatic N) is 2. The van der Waals surface area contributed by atoms with E-state index in [1.165, 1.54) is 19.3 Å². The second kappa shape index (κ2) is 4.77. The van der Waals surface area contributed by atoms with Crippen molar-refractivity contribution in [3.05, 3.63) is 42.2 Å². The first kappa shape index (κ1) is 11.2. The summed E-state index contributed by atoms with van der Waals surface area (Å²) < 4.78 is 0. The van der Waals surface area contributed by atoms with Crippen LogP contribution in [0.3, 0.4) is 0 Å². The Morgan fingerprint density at radius 2 is 1.89 bits per heavy atom. The summed E-state index contributed by atoms with van der Waals surface area (Å²) in [5.74, 6) is 2.46. The lowest BCUT2D eigenvalue weighted by Gasteiger charge is -2.24. The molecule has 0 radical (unpaired) electrons. The van der Waals surface area contributed by atoms with Crippen LogP contribution < -0.4 is 5.32 Å². The van der Waals surface area contributed by atoms with E-state index < -0.39 is 0 Å². The Hall–Kier alpha value is -1.90. The van der Waals surface area contributed by atoms with Gasteiger partial charge in [-0.3, -0.25) is 0 Å². The van der Waals surface area contributed by atoms with E-state index in [0.717, 1.165) is 22.9 Å². The Morgan fingerprint density at radius 3 is 2.50 bits per heavy atom. The molecule has 3 rings (SSSR count). The minimum Gasteiger partial charge on any atom is -0.373 e. The van der Waals surface area contributed by atoms with Crippen LogP contribution in [0.2, 0.25) is 0 Å². The van der Waals surface area contributed by atoms with E-state index in [4.69, 9.17) is 4.98 Å². The van der Waals surface area contributed by atoms with Crippen molar-refractivity contribution in [2.24, 2.45) is 0 Å². The molecule has 1 N–H and O–H groups in total. The van der Waals surface area contributed by atoms with Gasteiger partial charge in [0.15, 0.2) is 0 Å². The fourth-order valence-corrected chi connectivity index (χ4v) is 2.20. The minimum absolute atomic E-state index is 0.556. The SMILES string of the molecule is CNc1cc(-c2ccccc2)nc(C2CCC2)n1. The van der Waals surface area contributed by atoms with E-state index in [9.17, 15) is 0 Å². The predicted molar refractivity (Wildman–Crippen MR) is 73.6 cm³/mol. The second-order valence-corrected chi connectivity index (χ2v) is 4.74. The summed E-state index contributed by atoms with van der Waals surface area (Å²) in [5.41, 5.74) is 2.16. The molecule has 1 saturated carbocycles. The van der Waals surface area contributed by atoms with Gasteiger partial charge < -0.3 is 5.32 Å². The Kier molecular flexibility index (Phi) is 2.97. The third kappa shape index (κ3) is 2.08. The normalized spacial score (nSPS) is 15.2. The highest BCUT2D eigenvalue weighted by atomic mass is 15.0. The molecule has 3 heteroatoms. The number of hydrogen-bond donors (Lipinski definition) is 1. The maximum Gasteiger partial charge on any atom is 0.134 e. The van der Waals surface area contributed by atoms with Gasteiger partial charge >= 0.3 is 0 Å². The molecular formula is C15H17N3. The minimum atomic E-state index is 0.556. The number of hydrogen-bond acceptors (Lipinski definition) is 3. The number of aromatic nitrogens is 2. The van der Waals surface area contributed by atoms with Crippen molar-refractivity contribution in [1.29, 1.82) is 0 Å². The van der Waals surface area contributed by atoms with Crippen molar-refractivity contribution in [2.45, 2.75) is 25.2 Å². The van der Waals surface area contributed by atoms with Crippen LogP contribution in [0.1, 0.15) is 31.0 Å². The molecule has 18 heavy (non-hydrogen) atoms. The van der Waals surface area contributed by atoms with Crippen LogP contribution in [0.5, 0.6) is 0 Å². The Bertz CT molecular complexity index is 533. The van der Waals surface area contributed by atoms with Crippen LogP contribution in [-0.2, 0) is 0 Å². The van der Waals surface area contributed by atoms with Gasteiger partial charge in [0.2, 0.25) is 0 Å². The molecule has 0 aliphatic heterocycles. The molecule has 0 spiro atoms. The molecule has 3 nitrogen and oxygen atoms in total. The van der Waals surface area contributed by atoms with Gasteiger partial charge in [-0.05, 0) is 12.8 Å².